The largest absolute Gasteiger partial charge is 0.465 e. The van der Waals surface area contributed by atoms with Gasteiger partial charge in [-0.1, -0.05) is 18.2 Å². The molecular weight excluding hydrogens is 152 g/mol. The molecule has 1 rings (SSSR count). The Bertz CT molecular complexity index is 159. The Morgan fingerprint density at radius 1 is 1.50 bits per heavy atom. The molecule has 0 unspecified atom stereocenters. The van der Waals surface area contributed by atoms with Crippen molar-refractivity contribution >= 4 is 5.97 Å². The summed E-state index contributed by atoms with van der Waals surface area (Å²) < 4.78 is 4.79. The maximum Gasteiger partial charge on any atom is 0.306 e. The second kappa shape index (κ2) is 8.05. The van der Waals surface area contributed by atoms with Crippen LogP contribution in [0.2, 0.25) is 0 Å². The summed E-state index contributed by atoms with van der Waals surface area (Å²) in [5.41, 5.74) is 0. The number of carbonyl (C=O) groups is 1. The molecule has 0 saturated carbocycles. The number of esters is 1. The normalized spacial score (nSPS) is 18.9. The summed E-state index contributed by atoms with van der Waals surface area (Å²) in [5, 5.41) is 0. The average molecular weight is 168 g/mol. The monoisotopic (exact) mass is 168 g/mol. The van der Waals surface area contributed by atoms with Gasteiger partial charge in [0.2, 0.25) is 0 Å². The highest BCUT2D eigenvalue weighted by molar-refractivity contribution is 5.69. The van der Waals surface area contributed by atoms with E-state index in [0.717, 1.165) is 12.8 Å². The van der Waals surface area contributed by atoms with Crippen molar-refractivity contribution in [2.45, 2.75) is 26.2 Å². The maximum atomic E-state index is 10.6. The molecule has 0 N–H and O–H groups in total. The predicted molar refractivity (Wildman–Crippen MR) is 49.8 cm³/mol. The molecule has 0 aromatic rings. The van der Waals surface area contributed by atoms with E-state index in [0.29, 0.717) is 13.0 Å². The Hall–Kier alpha value is -1.05. The van der Waals surface area contributed by atoms with Crippen molar-refractivity contribution in [3.05, 3.63) is 24.8 Å². The summed E-state index contributed by atoms with van der Waals surface area (Å²) >= 11 is 0. The zero-order valence-electron chi connectivity index (χ0n) is 7.58. The molecular formula is C10H16O2. The van der Waals surface area contributed by atoms with Gasteiger partial charge in [-0.3, -0.25) is 4.79 Å². The molecule has 0 atom stereocenters. The summed E-state index contributed by atoms with van der Waals surface area (Å²) in [4.78, 5) is 10.6. The highest BCUT2D eigenvalue weighted by Crippen LogP contribution is 2.00. The van der Waals surface area contributed by atoms with Crippen molar-refractivity contribution in [3.8, 4) is 0 Å². The predicted octanol–water partition coefficient (Wildman–Crippen LogP) is 2.46. The van der Waals surface area contributed by atoms with E-state index in [9.17, 15) is 4.79 Å². The molecule has 2 nitrogen and oxygen atoms in total. The van der Waals surface area contributed by atoms with Gasteiger partial charge in [0.15, 0.2) is 0 Å². The topological polar surface area (TPSA) is 26.3 Å². The second-order valence-corrected chi connectivity index (χ2v) is 2.43. The molecule has 1 heterocycles. The summed E-state index contributed by atoms with van der Waals surface area (Å²) in [6, 6.07) is 0. The molecule has 2 heteroatoms. The molecule has 0 bridgehead atoms. The van der Waals surface area contributed by atoms with Crippen LogP contribution in [0.3, 0.4) is 0 Å². The van der Waals surface area contributed by atoms with Gasteiger partial charge in [-0.05, 0) is 19.8 Å². The summed E-state index contributed by atoms with van der Waals surface area (Å²) in [6.07, 6.45) is 8.06. The summed E-state index contributed by atoms with van der Waals surface area (Å²) in [6.45, 7) is 5.80. The fraction of sp³-hybridized carbons (Fsp3) is 0.500. The molecule has 0 amide bonds. The van der Waals surface area contributed by atoms with Crippen LogP contribution in [0.4, 0.5) is 0 Å². The molecule has 1 aliphatic rings. The Labute approximate surface area is 73.9 Å². The molecule has 0 saturated heterocycles. The first kappa shape index (κ1) is 11.0. The van der Waals surface area contributed by atoms with Gasteiger partial charge in [0.1, 0.15) is 0 Å². The smallest absolute Gasteiger partial charge is 0.306 e. The SMILES string of the molecule is C=CC.O=C1CC/C=C\CCO1. The van der Waals surface area contributed by atoms with Crippen LogP contribution < -0.4 is 0 Å². The third kappa shape index (κ3) is 7.06. The highest BCUT2D eigenvalue weighted by Gasteiger charge is 2.01. The van der Waals surface area contributed by atoms with Crippen molar-refractivity contribution in [2.24, 2.45) is 0 Å². The van der Waals surface area contributed by atoms with Crippen LogP contribution in [0.5, 0.6) is 0 Å². The summed E-state index contributed by atoms with van der Waals surface area (Å²) in [7, 11) is 0. The van der Waals surface area contributed by atoms with Crippen LogP contribution in [0, 0.1) is 0 Å². The molecule has 0 fully saturated rings. The van der Waals surface area contributed by atoms with Crippen LogP contribution in [0.1, 0.15) is 26.2 Å². The van der Waals surface area contributed by atoms with Crippen LogP contribution in [0.25, 0.3) is 0 Å². The Balaban J connectivity index is 0.000000354. The fourth-order valence-corrected chi connectivity index (χ4v) is 0.750. The Morgan fingerprint density at radius 3 is 2.75 bits per heavy atom. The first-order chi connectivity index (χ1) is 5.81. The van der Waals surface area contributed by atoms with Crippen LogP contribution in [-0.2, 0) is 9.53 Å². The zero-order valence-corrected chi connectivity index (χ0v) is 7.58. The zero-order chi connectivity index (χ0) is 9.23. The first-order valence-electron chi connectivity index (χ1n) is 4.19. The van der Waals surface area contributed by atoms with E-state index >= 15 is 0 Å². The van der Waals surface area contributed by atoms with Gasteiger partial charge >= 0.3 is 5.97 Å². The Kier molecular flexibility index (Phi) is 7.35. The minimum absolute atomic E-state index is 0.0700. The molecule has 0 aromatic heterocycles. The number of carbonyl (C=O) groups excluding carboxylic acids is 1. The number of hydrogen-bond acceptors (Lipinski definition) is 2. The standard InChI is InChI=1S/C7H10O2.C3H6/c8-7-5-3-1-2-4-6-9-7;1-3-2/h1-2H,3-6H2;3H,1H2,2H3/b2-1-;. The minimum Gasteiger partial charge on any atom is -0.465 e. The van der Waals surface area contributed by atoms with E-state index in [-0.39, 0.29) is 5.97 Å². The van der Waals surface area contributed by atoms with Gasteiger partial charge < -0.3 is 4.74 Å². The Morgan fingerprint density at radius 2 is 2.08 bits per heavy atom. The molecule has 0 spiro atoms. The van der Waals surface area contributed by atoms with E-state index in [1.54, 1.807) is 6.08 Å². The van der Waals surface area contributed by atoms with Crippen LogP contribution in [0.15, 0.2) is 24.8 Å². The lowest BCUT2D eigenvalue weighted by Gasteiger charge is -2.03. The molecule has 0 aliphatic carbocycles. The lowest BCUT2D eigenvalue weighted by atomic mass is 10.2. The van der Waals surface area contributed by atoms with Gasteiger partial charge in [-0.2, -0.15) is 0 Å². The third-order valence-electron chi connectivity index (χ3n) is 1.23. The molecule has 0 aromatic carbocycles. The average Bonchev–Trinajstić information content (AvgIpc) is 1.98. The fourth-order valence-electron chi connectivity index (χ4n) is 0.750. The van der Waals surface area contributed by atoms with Crippen molar-refractivity contribution in [1.82, 2.24) is 0 Å². The van der Waals surface area contributed by atoms with Crippen molar-refractivity contribution in [3.63, 3.8) is 0 Å². The lowest BCUT2D eigenvalue weighted by molar-refractivity contribution is -0.143. The van der Waals surface area contributed by atoms with Crippen molar-refractivity contribution in [2.75, 3.05) is 6.61 Å². The molecule has 0 radical (unpaired) electrons. The molecule has 12 heavy (non-hydrogen) atoms. The number of hydrogen-bond donors (Lipinski definition) is 0. The second-order valence-electron chi connectivity index (χ2n) is 2.43. The summed E-state index contributed by atoms with van der Waals surface area (Å²) in [5.74, 6) is -0.0700. The van der Waals surface area contributed by atoms with Crippen molar-refractivity contribution < 1.29 is 9.53 Å². The van der Waals surface area contributed by atoms with E-state index in [2.05, 4.69) is 6.58 Å². The third-order valence-corrected chi connectivity index (χ3v) is 1.23. The number of allylic oxidation sites excluding steroid dienone is 2. The quantitative estimate of drug-likeness (QED) is 0.410. The van der Waals surface area contributed by atoms with E-state index in [1.165, 1.54) is 0 Å². The first-order valence-corrected chi connectivity index (χ1v) is 4.19. The van der Waals surface area contributed by atoms with Gasteiger partial charge in [-0.25, -0.2) is 0 Å². The minimum atomic E-state index is -0.0700. The van der Waals surface area contributed by atoms with Gasteiger partial charge in [0, 0.05) is 6.42 Å². The van der Waals surface area contributed by atoms with Crippen LogP contribution in [-0.4, -0.2) is 12.6 Å². The number of ether oxygens (including phenoxy) is 1. The van der Waals surface area contributed by atoms with Gasteiger partial charge in [0.05, 0.1) is 6.61 Å². The van der Waals surface area contributed by atoms with Gasteiger partial charge in [-0.15, -0.1) is 6.58 Å². The van der Waals surface area contributed by atoms with E-state index in [1.807, 2.05) is 19.1 Å². The van der Waals surface area contributed by atoms with Gasteiger partial charge in [0.25, 0.3) is 0 Å². The van der Waals surface area contributed by atoms with Crippen LogP contribution >= 0.6 is 0 Å². The highest BCUT2D eigenvalue weighted by atomic mass is 16.5. The lowest BCUT2D eigenvalue weighted by Crippen LogP contribution is -2.05. The maximum absolute atomic E-state index is 10.6. The number of cyclic esters (lactones) is 1. The number of rotatable bonds is 0. The molecule has 1 aliphatic heterocycles. The van der Waals surface area contributed by atoms with Crippen molar-refractivity contribution in [1.29, 1.82) is 0 Å². The van der Waals surface area contributed by atoms with E-state index in [4.69, 9.17) is 4.74 Å². The molecule has 68 valence electrons. The van der Waals surface area contributed by atoms with E-state index < -0.39 is 0 Å².